The molecule has 0 saturated carbocycles. The molecule has 0 unspecified atom stereocenters. The Balaban J connectivity index is 2.30. The first-order chi connectivity index (χ1) is 6.75. The quantitative estimate of drug-likeness (QED) is 0.740. The maximum absolute atomic E-state index is 11.9. The van der Waals surface area contributed by atoms with E-state index >= 15 is 0 Å². The fourth-order valence-corrected chi connectivity index (χ4v) is 1.83. The van der Waals surface area contributed by atoms with Gasteiger partial charge < -0.3 is 10.2 Å². The van der Waals surface area contributed by atoms with E-state index in [1.807, 2.05) is 11.9 Å². The number of likely N-dealkylation sites (N-methyl/N-ethyl adjacent to an activating group) is 1. The average Bonchev–Trinajstić information content (AvgIpc) is 2.26. The molecule has 0 bridgehead atoms. The van der Waals surface area contributed by atoms with E-state index in [0.29, 0.717) is 0 Å². The molecule has 3 heteroatoms. The molecule has 1 saturated heterocycles. The average molecular weight is 198 g/mol. The van der Waals surface area contributed by atoms with Crippen molar-refractivity contribution < 1.29 is 4.79 Å². The van der Waals surface area contributed by atoms with Crippen molar-refractivity contribution in [2.75, 3.05) is 20.1 Å². The van der Waals surface area contributed by atoms with Crippen molar-refractivity contribution in [3.05, 3.63) is 0 Å². The van der Waals surface area contributed by atoms with Crippen LogP contribution in [0, 0.1) is 0 Å². The molecule has 0 spiro atoms. The first kappa shape index (κ1) is 11.5. The predicted octanol–water partition coefficient (Wildman–Crippen LogP) is 1.39. The molecule has 1 rings (SSSR count). The van der Waals surface area contributed by atoms with E-state index in [0.717, 1.165) is 32.4 Å². The van der Waals surface area contributed by atoms with Crippen LogP contribution in [0.2, 0.25) is 0 Å². The van der Waals surface area contributed by atoms with Crippen molar-refractivity contribution in [1.29, 1.82) is 0 Å². The van der Waals surface area contributed by atoms with Gasteiger partial charge in [-0.3, -0.25) is 4.79 Å². The molecule has 3 nitrogen and oxygen atoms in total. The second kappa shape index (κ2) is 6.02. The fourth-order valence-electron chi connectivity index (χ4n) is 1.83. The summed E-state index contributed by atoms with van der Waals surface area (Å²) in [6.07, 6.45) is 5.66. The second-order valence-corrected chi connectivity index (χ2v) is 4.12. The zero-order valence-electron chi connectivity index (χ0n) is 9.38. The molecule has 0 aliphatic carbocycles. The summed E-state index contributed by atoms with van der Waals surface area (Å²) in [5.74, 6) is 0.276. The number of nitrogens with zero attached hydrogens (tertiary/aromatic N) is 1. The smallest absolute Gasteiger partial charge is 0.239 e. The number of piperidine rings is 1. The van der Waals surface area contributed by atoms with Gasteiger partial charge in [0.15, 0.2) is 0 Å². The van der Waals surface area contributed by atoms with Crippen LogP contribution in [0.1, 0.15) is 39.0 Å². The maximum Gasteiger partial charge on any atom is 0.239 e. The number of nitrogens with one attached hydrogen (secondary N) is 1. The normalized spacial score (nSPS) is 22.0. The zero-order valence-corrected chi connectivity index (χ0v) is 9.38. The van der Waals surface area contributed by atoms with E-state index < -0.39 is 0 Å². The summed E-state index contributed by atoms with van der Waals surface area (Å²) in [6.45, 7) is 4.04. The van der Waals surface area contributed by atoms with Crippen LogP contribution in [0.4, 0.5) is 0 Å². The van der Waals surface area contributed by atoms with Crippen LogP contribution in [0.5, 0.6) is 0 Å². The van der Waals surface area contributed by atoms with Gasteiger partial charge in [-0.2, -0.15) is 0 Å². The Bertz CT molecular complexity index is 176. The summed E-state index contributed by atoms with van der Waals surface area (Å²) < 4.78 is 0. The number of amides is 1. The monoisotopic (exact) mass is 198 g/mol. The van der Waals surface area contributed by atoms with E-state index in [1.165, 1.54) is 12.8 Å². The van der Waals surface area contributed by atoms with Gasteiger partial charge in [-0.25, -0.2) is 0 Å². The van der Waals surface area contributed by atoms with Crippen molar-refractivity contribution in [2.45, 2.75) is 45.1 Å². The minimum atomic E-state index is 0.0885. The Morgan fingerprint density at radius 1 is 1.50 bits per heavy atom. The largest absolute Gasteiger partial charge is 0.344 e. The Hall–Kier alpha value is -0.570. The van der Waals surface area contributed by atoms with Crippen LogP contribution < -0.4 is 5.32 Å². The Labute approximate surface area is 86.9 Å². The first-order valence-corrected chi connectivity index (χ1v) is 5.74. The van der Waals surface area contributed by atoms with E-state index in [-0.39, 0.29) is 11.9 Å². The molecule has 0 aromatic carbocycles. The van der Waals surface area contributed by atoms with Gasteiger partial charge in [-0.05, 0) is 25.8 Å². The van der Waals surface area contributed by atoms with Gasteiger partial charge in [0.2, 0.25) is 5.91 Å². The van der Waals surface area contributed by atoms with Crippen LogP contribution in [0.25, 0.3) is 0 Å². The Kier molecular flexibility index (Phi) is 4.94. The highest BCUT2D eigenvalue weighted by Gasteiger charge is 2.22. The molecule has 1 amide bonds. The first-order valence-electron chi connectivity index (χ1n) is 5.74. The third-order valence-electron chi connectivity index (χ3n) is 2.83. The van der Waals surface area contributed by atoms with Gasteiger partial charge in [0, 0.05) is 13.6 Å². The summed E-state index contributed by atoms with van der Waals surface area (Å²) in [5, 5.41) is 3.28. The molecule has 1 N–H and O–H groups in total. The molecular weight excluding hydrogens is 176 g/mol. The third kappa shape index (κ3) is 3.29. The highest BCUT2D eigenvalue weighted by Crippen LogP contribution is 2.09. The van der Waals surface area contributed by atoms with Crippen molar-refractivity contribution in [1.82, 2.24) is 10.2 Å². The lowest BCUT2D eigenvalue weighted by Gasteiger charge is -2.27. The lowest BCUT2D eigenvalue weighted by atomic mass is 10.0. The molecule has 1 heterocycles. The van der Waals surface area contributed by atoms with Crippen LogP contribution >= 0.6 is 0 Å². The molecule has 14 heavy (non-hydrogen) atoms. The highest BCUT2D eigenvalue weighted by atomic mass is 16.2. The summed E-state index contributed by atoms with van der Waals surface area (Å²) in [6, 6.07) is 0.0885. The van der Waals surface area contributed by atoms with E-state index in [4.69, 9.17) is 0 Å². The van der Waals surface area contributed by atoms with Crippen molar-refractivity contribution in [2.24, 2.45) is 0 Å². The molecule has 1 fully saturated rings. The van der Waals surface area contributed by atoms with Gasteiger partial charge in [0.05, 0.1) is 6.04 Å². The van der Waals surface area contributed by atoms with Crippen LogP contribution in [0.15, 0.2) is 0 Å². The number of rotatable bonds is 4. The molecule has 1 aliphatic heterocycles. The number of hydrogen-bond donors (Lipinski definition) is 1. The standard InChI is InChI=1S/C11H22N2O/c1-3-4-9-13(2)11(14)10-7-5-6-8-12-10/h10,12H,3-9H2,1-2H3/t10-/m0/s1. The van der Waals surface area contributed by atoms with Gasteiger partial charge in [-0.15, -0.1) is 0 Å². The van der Waals surface area contributed by atoms with Crippen LogP contribution in [-0.2, 0) is 4.79 Å². The lowest BCUT2D eigenvalue weighted by Crippen LogP contribution is -2.47. The number of hydrogen-bond acceptors (Lipinski definition) is 2. The summed E-state index contributed by atoms with van der Waals surface area (Å²) >= 11 is 0. The molecule has 0 aromatic rings. The maximum atomic E-state index is 11.9. The van der Waals surface area contributed by atoms with Crippen LogP contribution in [-0.4, -0.2) is 37.0 Å². The van der Waals surface area contributed by atoms with Gasteiger partial charge in [-0.1, -0.05) is 19.8 Å². The van der Waals surface area contributed by atoms with Crippen molar-refractivity contribution in [3.63, 3.8) is 0 Å². The summed E-state index contributed by atoms with van der Waals surface area (Å²) in [7, 11) is 1.91. The Morgan fingerprint density at radius 3 is 2.86 bits per heavy atom. The van der Waals surface area contributed by atoms with Gasteiger partial charge in [0.1, 0.15) is 0 Å². The topological polar surface area (TPSA) is 32.3 Å². The summed E-state index contributed by atoms with van der Waals surface area (Å²) in [4.78, 5) is 13.7. The van der Waals surface area contributed by atoms with E-state index in [1.54, 1.807) is 0 Å². The number of carbonyl (C=O) groups is 1. The minimum Gasteiger partial charge on any atom is -0.344 e. The second-order valence-electron chi connectivity index (χ2n) is 4.12. The number of carbonyl (C=O) groups excluding carboxylic acids is 1. The predicted molar refractivity (Wildman–Crippen MR) is 58.2 cm³/mol. The lowest BCUT2D eigenvalue weighted by molar-refractivity contribution is -0.132. The zero-order chi connectivity index (χ0) is 10.4. The molecule has 82 valence electrons. The highest BCUT2D eigenvalue weighted by molar-refractivity contribution is 5.81. The SMILES string of the molecule is CCCCN(C)C(=O)[C@@H]1CCCCN1. The van der Waals surface area contributed by atoms with E-state index in [2.05, 4.69) is 12.2 Å². The minimum absolute atomic E-state index is 0.0885. The molecule has 1 aliphatic rings. The molecule has 0 aromatic heterocycles. The van der Waals surface area contributed by atoms with E-state index in [9.17, 15) is 4.79 Å². The van der Waals surface area contributed by atoms with Crippen molar-refractivity contribution in [3.8, 4) is 0 Å². The molecule has 1 atom stereocenters. The fraction of sp³-hybridized carbons (Fsp3) is 0.909. The molecule has 0 radical (unpaired) electrons. The summed E-state index contributed by atoms with van der Waals surface area (Å²) in [5.41, 5.74) is 0. The number of unbranched alkanes of at least 4 members (excludes halogenated alkanes) is 1. The third-order valence-corrected chi connectivity index (χ3v) is 2.83. The van der Waals surface area contributed by atoms with Crippen molar-refractivity contribution >= 4 is 5.91 Å². The Morgan fingerprint density at radius 2 is 2.29 bits per heavy atom. The molecular formula is C11H22N2O. The van der Waals surface area contributed by atoms with Gasteiger partial charge in [0.25, 0.3) is 0 Å². The van der Waals surface area contributed by atoms with Crippen LogP contribution in [0.3, 0.4) is 0 Å². The van der Waals surface area contributed by atoms with Gasteiger partial charge >= 0.3 is 0 Å².